The van der Waals surface area contributed by atoms with E-state index >= 15 is 0 Å². The lowest BCUT2D eigenvalue weighted by Gasteiger charge is -2.33. The molecule has 2 aliphatic heterocycles. The maximum Gasteiger partial charge on any atom is 0.222 e. The number of nitrogens with one attached hydrogen (secondary N) is 1. The number of carbonyl (C=O) groups excluding carboxylic acids is 1. The molecule has 0 spiro atoms. The zero-order valence-corrected chi connectivity index (χ0v) is 14.2. The number of amides is 1. The zero-order valence-electron chi connectivity index (χ0n) is 14.2. The topological polar surface area (TPSA) is 52.2 Å². The van der Waals surface area contributed by atoms with E-state index < -0.39 is 0 Å². The zero-order chi connectivity index (χ0) is 17.2. The highest BCUT2D eigenvalue weighted by molar-refractivity contribution is 5.78. The fourth-order valence-corrected chi connectivity index (χ4v) is 3.96. The third kappa shape index (κ3) is 3.38. The van der Waals surface area contributed by atoms with Gasteiger partial charge >= 0.3 is 0 Å². The van der Waals surface area contributed by atoms with Gasteiger partial charge in [0, 0.05) is 38.8 Å². The van der Waals surface area contributed by atoms with Gasteiger partial charge in [0.2, 0.25) is 5.91 Å². The molecule has 1 amide bonds. The maximum absolute atomic E-state index is 14.6. The molecule has 3 heterocycles. The molecule has 2 saturated heterocycles. The summed E-state index contributed by atoms with van der Waals surface area (Å²) in [5.74, 6) is 0.299. The number of aromatic amines is 1. The first-order valence-corrected chi connectivity index (χ1v) is 9.00. The van der Waals surface area contributed by atoms with Gasteiger partial charge in [-0.25, -0.2) is 4.39 Å². The van der Waals surface area contributed by atoms with E-state index in [-0.39, 0.29) is 17.6 Å². The lowest BCUT2D eigenvalue weighted by Crippen LogP contribution is -2.32. The molecule has 2 aromatic rings. The summed E-state index contributed by atoms with van der Waals surface area (Å²) in [5, 5.41) is 6.83. The molecule has 5 nitrogen and oxygen atoms in total. The molecule has 2 aliphatic rings. The third-order valence-electron chi connectivity index (χ3n) is 5.39. The van der Waals surface area contributed by atoms with E-state index in [1.165, 1.54) is 0 Å². The molecule has 0 unspecified atom stereocenters. The predicted octanol–water partition coefficient (Wildman–Crippen LogP) is 3.06. The van der Waals surface area contributed by atoms with E-state index in [9.17, 15) is 9.18 Å². The molecule has 4 rings (SSSR count). The van der Waals surface area contributed by atoms with E-state index in [4.69, 9.17) is 0 Å². The van der Waals surface area contributed by atoms with Crippen LogP contribution in [-0.2, 0) is 11.3 Å². The van der Waals surface area contributed by atoms with E-state index in [1.54, 1.807) is 6.07 Å². The molecule has 0 atom stereocenters. The molecule has 132 valence electrons. The van der Waals surface area contributed by atoms with Gasteiger partial charge in [-0.3, -0.25) is 9.89 Å². The minimum Gasteiger partial charge on any atom is -0.369 e. The van der Waals surface area contributed by atoms with E-state index in [0.29, 0.717) is 13.0 Å². The van der Waals surface area contributed by atoms with Crippen LogP contribution in [0.1, 0.15) is 42.7 Å². The molecule has 2 fully saturated rings. The summed E-state index contributed by atoms with van der Waals surface area (Å²) in [6.07, 6.45) is 7.13. The Morgan fingerprint density at radius 2 is 2.08 bits per heavy atom. The molecular weight excluding hydrogens is 319 g/mol. The molecule has 1 aromatic heterocycles. The first-order chi connectivity index (χ1) is 12.2. The maximum atomic E-state index is 14.6. The van der Waals surface area contributed by atoms with Crippen LogP contribution in [0.15, 0.2) is 30.6 Å². The van der Waals surface area contributed by atoms with Crippen LogP contribution in [0.2, 0.25) is 0 Å². The summed E-state index contributed by atoms with van der Waals surface area (Å²) in [6.45, 7) is 3.13. The molecule has 0 bridgehead atoms. The van der Waals surface area contributed by atoms with Crippen molar-refractivity contribution in [3.8, 4) is 0 Å². The van der Waals surface area contributed by atoms with Crippen LogP contribution in [0.4, 0.5) is 10.1 Å². The Bertz CT molecular complexity index is 738. The summed E-state index contributed by atoms with van der Waals surface area (Å²) < 4.78 is 14.6. The smallest absolute Gasteiger partial charge is 0.222 e. The van der Waals surface area contributed by atoms with E-state index in [1.807, 2.05) is 29.4 Å². The number of benzene rings is 1. The predicted molar refractivity (Wildman–Crippen MR) is 93.8 cm³/mol. The van der Waals surface area contributed by atoms with Crippen LogP contribution < -0.4 is 4.90 Å². The number of piperidine rings is 1. The van der Waals surface area contributed by atoms with Gasteiger partial charge in [-0.2, -0.15) is 5.10 Å². The summed E-state index contributed by atoms with van der Waals surface area (Å²) >= 11 is 0. The average Bonchev–Trinajstić information content (AvgIpc) is 3.28. The van der Waals surface area contributed by atoms with Crippen molar-refractivity contribution in [2.24, 2.45) is 0 Å². The third-order valence-corrected chi connectivity index (χ3v) is 5.39. The van der Waals surface area contributed by atoms with Crippen molar-refractivity contribution in [2.45, 2.75) is 38.1 Å². The highest BCUT2D eigenvalue weighted by atomic mass is 19.1. The number of rotatable bonds is 4. The SMILES string of the molecule is O=C1CCCN1Cc1ccc(C2CCN(c3cn[nH]c3)CC2)c(F)c1. The highest BCUT2D eigenvalue weighted by Crippen LogP contribution is 2.32. The standard InChI is InChI=1S/C19H23FN4O/c20-18-10-14(13-24-7-1-2-19(24)25)3-4-17(18)15-5-8-23(9-6-15)16-11-21-22-12-16/h3-4,10-12,15H,1-2,5-9,13H2,(H,21,22). The van der Waals surface area contributed by atoms with Crippen molar-refractivity contribution in [3.63, 3.8) is 0 Å². The van der Waals surface area contributed by atoms with Crippen LogP contribution in [0.5, 0.6) is 0 Å². The minimum absolute atomic E-state index is 0.133. The van der Waals surface area contributed by atoms with Gasteiger partial charge in [0.15, 0.2) is 0 Å². The minimum atomic E-state index is -0.133. The van der Waals surface area contributed by atoms with Gasteiger partial charge in [-0.15, -0.1) is 0 Å². The summed E-state index contributed by atoms with van der Waals surface area (Å²) in [7, 11) is 0. The molecular formula is C19H23FN4O. The number of halogens is 1. The Kier molecular flexibility index (Phi) is 4.42. The second-order valence-electron chi connectivity index (χ2n) is 6.99. The summed E-state index contributed by atoms with van der Waals surface area (Å²) in [4.78, 5) is 15.8. The first-order valence-electron chi connectivity index (χ1n) is 9.00. The second-order valence-corrected chi connectivity index (χ2v) is 6.99. The molecule has 6 heteroatoms. The van der Waals surface area contributed by atoms with Crippen molar-refractivity contribution in [2.75, 3.05) is 24.5 Å². The molecule has 0 radical (unpaired) electrons. The molecule has 0 aliphatic carbocycles. The van der Waals surface area contributed by atoms with Gasteiger partial charge in [-0.05, 0) is 42.4 Å². The van der Waals surface area contributed by atoms with Crippen LogP contribution >= 0.6 is 0 Å². The van der Waals surface area contributed by atoms with Crippen LogP contribution in [-0.4, -0.2) is 40.6 Å². The van der Waals surface area contributed by atoms with Crippen molar-refractivity contribution in [3.05, 3.63) is 47.5 Å². The Morgan fingerprint density at radius 1 is 1.24 bits per heavy atom. The van der Waals surface area contributed by atoms with Crippen LogP contribution in [0.25, 0.3) is 0 Å². The Labute approximate surface area is 146 Å². The summed E-state index contributed by atoms with van der Waals surface area (Å²) in [6, 6.07) is 5.51. The van der Waals surface area contributed by atoms with E-state index in [0.717, 1.165) is 55.7 Å². The van der Waals surface area contributed by atoms with Crippen molar-refractivity contribution >= 4 is 11.6 Å². The Morgan fingerprint density at radius 3 is 2.72 bits per heavy atom. The van der Waals surface area contributed by atoms with Crippen LogP contribution in [0.3, 0.4) is 0 Å². The Balaban J connectivity index is 1.40. The number of hydrogen-bond acceptors (Lipinski definition) is 3. The fourth-order valence-electron chi connectivity index (χ4n) is 3.96. The fraction of sp³-hybridized carbons (Fsp3) is 0.474. The average molecular weight is 342 g/mol. The lowest BCUT2D eigenvalue weighted by atomic mass is 9.88. The monoisotopic (exact) mass is 342 g/mol. The van der Waals surface area contributed by atoms with E-state index in [2.05, 4.69) is 15.1 Å². The Hall–Kier alpha value is -2.37. The molecule has 1 N–H and O–H groups in total. The second kappa shape index (κ2) is 6.86. The van der Waals surface area contributed by atoms with Crippen molar-refractivity contribution in [1.29, 1.82) is 0 Å². The van der Waals surface area contributed by atoms with Gasteiger partial charge in [0.25, 0.3) is 0 Å². The number of carbonyl (C=O) groups is 1. The highest BCUT2D eigenvalue weighted by Gasteiger charge is 2.24. The molecule has 1 aromatic carbocycles. The van der Waals surface area contributed by atoms with Gasteiger partial charge in [0.05, 0.1) is 11.9 Å². The number of hydrogen-bond donors (Lipinski definition) is 1. The largest absolute Gasteiger partial charge is 0.369 e. The van der Waals surface area contributed by atoms with Gasteiger partial charge < -0.3 is 9.80 Å². The number of aromatic nitrogens is 2. The van der Waals surface area contributed by atoms with Crippen LogP contribution in [0, 0.1) is 5.82 Å². The number of H-pyrrole nitrogens is 1. The first kappa shape index (κ1) is 16.1. The van der Waals surface area contributed by atoms with Crippen molar-refractivity contribution < 1.29 is 9.18 Å². The lowest BCUT2D eigenvalue weighted by molar-refractivity contribution is -0.128. The number of anilines is 1. The van der Waals surface area contributed by atoms with Gasteiger partial charge in [0.1, 0.15) is 5.82 Å². The normalized spacial score (nSPS) is 19.0. The summed E-state index contributed by atoms with van der Waals surface area (Å²) in [5.41, 5.74) is 2.79. The van der Waals surface area contributed by atoms with Crippen molar-refractivity contribution in [1.82, 2.24) is 15.1 Å². The number of nitrogens with zero attached hydrogens (tertiary/aromatic N) is 3. The van der Waals surface area contributed by atoms with Gasteiger partial charge in [-0.1, -0.05) is 12.1 Å². The quantitative estimate of drug-likeness (QED) is 0.929. The molecule has 0 saturated carbocycles. The number of likely N-dealkylation sites (tertiary alicyclic amines) is 1. The molecule has 25 heavy (non-hydrogen) atoms.